The molecule has 2 aromatic rings. The summed E-state index contributed by atoms with van der Waals surface area (Å²) in [6.45, 7) is 0. The molecule has 0 aliphatic rings. The van der Waals surface area contributed by atoms with Crippen LogP contribution in [0.4, 0.5) is 5.69 Å². The van der Waals surface area contributed by atoms with Gasteiger partial charge in [0.1, 0.15) is 0 Å². The predicted molar refractivity (Wildman–Crippen MR) is 52.7 cm³/mol. The summed E-state index contributed by atoms with van der Waals surface area (Å²) in [5, 5.41) is 12.6. The fourth-order valence-corrected chi connectivity index (χ4v) is 1.15. The minimum Gasteiger partial charge on any atom is -0.478 e. The lowest BCUT2D eigenvalue weighted by Gasteiger charge is -2.02. The van der Waals surface area contributed by atoms with Gasteiger partial charge in [0.2, 0.25) is 0 Å². The maximum atomic E-state index is 10.6. The molecule has 0 aromatic carbocycles. The van der Waals surface area contributed by atoms with Crippen LogP contribution in [0.5, 0.6) is 0 Å². The predicted octanol–water partition coefficient (Wildman–Crippen LogP) is 0.548. The average molecular weight is 204 g/mol. The lowest BCUT2D eigenvalue weighted by atomic mass is 10.4. The summed E-state index contributed by atoms with van der Waals surface area (Å²) in [5.74, 6) is -0.610. The number of rotatable bonds is 2. The molecule has 2 aromatic heterocycles. The number of nitrogen functional groups attached to an aromatic ring is 1. The third-order valence-electron chi connectivity index (χ3n) is 1.86. The van der Waals surface area contributed by atoms with E-state index in [0.717, 1.165) is 0 Å². The van der Waals surface area contributed by atoms with Gasteiger partial charge < -0.3 is 10.8 Å². The van der Waals surface area contributed by atoms with Crippen LogP contribution < -0.4 is 5.73 Å². The number of aromatic carboxylic acids is 1. The van der Waals surface area contributed by atoms with E-state index in [1.54, 1.807) is 18.3 Å². The maximum Gasteiger partial charge on any atom is 0.338 e. The van der Waals surface area contributed by atoms with Gasteiger partial charge in [-0.1, -0.05) is 0 Å². The van der Waals surface area contributed by atoms with Gasteiger partial charge in [-0.15, -0.1) is 0 Å². The fraction of sp³-hybridized carbons (Fsp3) is 0. The third-order valence-corrected chi connectivity index (χ3v) is 1.86. The van der Waals surface area contributed by atoms with Crippen molar-refractivity contribution in [2.24, 2.45) is 0 Å². The van der Waals surface area contributed by atoms with Crippen LogP contribution in [0.1, 0.15) is 10.4 Å². The van der Waals surface area contributed by atoms with Crippen LogP contribution in [0, 0.1) is 0 Å². The molecule has 0 aliphatic carbocycles. The van der Waals surface area contributed by atoms with Gasteiger partial charge in [0, 0.05) is 12.4 Å². The third kappa shape index (κ3) is 1.64. The van der Waals surface area contributed by atoms with E-state index in [9.17, 15) is 4.79 Å². The monoisotopic (exact) mass is 204 g/mol. The number of carboxylic acid groups (broad SMARTS) is 1. The molecule has 0 bridgehead atoms. The largest absolute Gasteiger partial charge is 0.478 e. The summed E-state index contributed by atoms with van der Waals surface area (Å²) in [7, 11) is 0. The Labute approximate surface area is 85.0 Å². The fourth-order valence-electron chi connectivity index (χ4n) is 1.15. The number of pyridine rings is 1. The average Bonchev–Trinajstić information content (AvgIpc) is 2.67. The molecule has 0 atom stereocenters. The molecule has 0 aliphatic heterocycles. The van der Waals surface area contributed by atoms with Gasteiger partial charge in [-0.3, -0.25) is 0 Å². The molecule has 0 amide bonds. The highest BCUT2D eigenvalue weighted by atomic mass is 16.4. The Kier molecular flexibility index (Phi) is 2.09. The Hall–Kier alpha value is -2.37. The van der Waals surface area contributed by atoms with Gasteiger partial charge in [0.25, 0.3) is 0 Å². The first kappa shape index (κ1) is 9.20. The SMILES string of the molecule is Nc1cccnc1-n1cc(C(=O)O)cn1. The van der Waals surface area contributed by atoms with E-state index >= 15 is 0 Å². The van der Waals surface area contributed by atoms with Crippen LogP contribution >= 0.6 is 0 Å². The second kappa shape index (κ2) is 3.41. The molecular formula is C9H8N4O2. The first-order valence-corrected chi connectivity index (χ1v) is 4.17. The lowest BCUT2D eigenvalue weighted by Crippen LogP contribution is -2.02. The molecule has 0 saturated heterocycles. The van der Waals surface area contributed by atoms with Crippen molar-refractivity contribution in [1.29, 1.82) is 0 Å². The number of carboxylic acids is 1. The molecule has 0 saturated carbocycles. The van der Waals surface area contributed by atoms with Crippen LogP contribution in [-0.2, 0) is 0 Å². The molecule has 15 heavy (non-hydrogen) atoms. The lowest BCUT2D eigenvalue weighted by molar-refractivity contribution is 0.0697. The quantitative estimate of drug-likeness (QED) is 0.744. The normalized spacial score (nSPS) is 10.1. The van der Waals surface area contributed by atoms with E-state index in [2.05, 4.69) is 10.1 Å². The highest BCUT2D eigenvalue weighted by Crippen LogP contribution is 2.12. The zero-order valence-corrected chi connectivity index (χ0v) is 7.66. The number of hydrogen-bond acceptors (Lipinski definition) is 4. The van der Waals surface area contributed by atoms with Crippen molar-refractivity contribution in [1.82, 2.24) is 14.8 Å². The van der Waals surface area contributed by atoms with Crippen molar-refractivity contribution in [3.63, 3.8) is 0 Å². The van der Waals surface area contributed by atoms with Gasteiger partial charge in [-0.05, 0) is 12.1 Å². The van der Waals surface area contributed by atoms with E-state index in [-0.39, 0.29) is 5.56 Å². The molecule has 6 heteroatoms. The number of nitrogens with two attached hydrogens (primary N) is 1. The standard InChI is InChI=1S/C9H8N4O2/c10-7-2-1-3-11-8(7)13-5-6(4-12-13)9(14)15/h1-5H,10H2,(H,14,15). The van der Waals surface area contributed by atoms with E-state index in [0.29, 0.717) is 11.5 Å². The van der Waals surface area contributed by atoms with E-state index in [1.165, 1.54) is 17.1 Å². The van der Waals surface area contributed by atoms with Gasteiger partial charge >= 0.3 is 5.97 Å². The maximum absolute atomic E-state index is 10.6. The number of anilines is 1. The summed E-state index contributed by atoms with van der Waals surface area (Å²) in [6.07, 6.45) is 4.17. The molecule has 76 valence electrons. The first-order chi connectivity index (χ1) is 7.18. The number of hydrogen-bond donors (Lipinski definition) is 2. The van der Waals surface area contributed by atoms with Gasteiger partial charge in [-0.25, -0.2) is 14.5 Å². The van der Waals surface area contributed by atoms with Crippen molar-refractivity contribution in [3.8, 4) is 5.82 Å². The van der Waals surface area contributed by atoms with Crippen LogP contribution in [0.25, 0.3) is 5.82 Å². The van der Waals surface area contributed by atoms with Crippen molar-refractivity contribution in [3.05, 3.63) is 36.3 Å². The summed E-state index contributed by atoms with van der Waals surface area (Å²) in [6, 6.07) is 3.37. The van der Waals surface area contributed by atoms with Crippen LogP contribution in [0.2, 0.25) is 0 Å². The van der Waals surface area contributed by atoms with Crippen molar-refractivity contribution in [2.75, 3.05) is 5.73 Å². The van der Waals surface area contributed by atoms with Crippen molar-refractivity contribution >= 4 is 11.7 Å². The highest BCUT2D eigenvalue weighted by molar-refractivity contribution is 5.87. The van der Waals surface area contributed by atoms with Crippen LogP contribution in [0.15, 0.2) is 30.7 Å². The Morgan fingerprint density at radius 2 is 2.33 bits per heavy atom. The molecule has 0 spiro atoms. The minimum atomic E-state index is -1.03. The molecule has 6 nitrogen and oxygen atoms in total. The van der Waals surface area contributed by atoms with Crippen molar-refractivity contribution < 1.29 is 9.90 Å². The van der Waals surface area contributed by atoms with Crippen LogP contribution in [-0.4, -0.2) is 25.8 Å². The molecule has 3 N–H and O–H groups in total. The highest BCUT2D eigenvalue weighted by Gasteiger charge is 2.09. The Bertz CT molecular complexity index is 506. The molecular weight excluding hydrogens is 196 g/mol. The topological polar surface area (TPSA) is 94.0 Å². The smallest absolute Gasteiger partial charge is 0.338 e. The molecule has 0 unspecified atom stereocenters. The Morgan fingerprint density at radius 1 is 1.53 bits per heavy atom. The summed E-state index contributed by atoms with van der Waals surface area (Å²) in [5.41, 5.74) is 6.21. The van der Waals surface area contributed by atoms with E-state index in [1.807, 2.05) is 0 Å². The summed E-state index contributed by atoms with van der Waals surface area (Å²) >= 11 is 0. The van der Waals surface area contributed by atoms with Crippen LogP contribution in [0.3, 0.4) is 0 Å². The van der Waals surface area contributed by atoms with E-state index < -0.39 is 5.97 Å². The molecule has 2 rings (SSSR count). The van der Waals surface area contributed by atoms with Crippen molar-refractivity contribution in [2.45, 2.75) is 0 Å². The molecule has 0 radical (unpaired) electrons. The van der Waals surface area contributed by atoms with Gasteiger partial charge in [0.15, 0.2) is 5.82 Å². The Morgan fingerprint density at radius 3 is 2.93 bits per heavy atom. The minimum absolute atomic E-state index is 0.0973. The molecule has 2 heterocycles. The van der Waals surface area contributed by atoms with E-state index in [4.69, 9.17) is 10.8 Å². The second-order valence-corrected chi connectivity index (χ2v) is 2.89. The van der Waals surface area contributed by atoms with Gasteiger partial charge in [-0.2, -0.15) is 5.10 Å². The summed E-state index contributed by atoms with van der Waals surface area (Å²) in [4.78, 5) is 14.6. The zero-order chi connectivity index (χ0) is 10.8. The summed E-state index contributed by atoms with van der Waals surface area (Å²) < 4.78 is 1.33. The number of nitrogens with zero attached hydrogens (tertiary/aromatic N) is 3. The number of carbonyl (C=O) groups is 1. The molecule has 0 fully saturated rings. The second-order valence-electron chi connectivity index (χ2n) is 2.89. The Balaban J connectivity index is 2.46. The first-order valence-electron chi connectivity index (χ1n) is 4.17. The zero-order valence-electron chi connectivity index (χ0n) is 7.66. The van der Waals surface area contributed by atoms with Gasteiger partial charge in [0.05, 0.1) is 17.4 Å². The number of aromatic nitrogens is 3.